The van der Waals surface area contributed by atoms with Gasteiger partial charge in [0.25, 0.3) is 0 Å². The lowest BCUT2D eigenvalue weighted by atomic mass is 10.0. The van der Waals surface area contributed by atoms with E-state index in [2.05, 4.69) is 5.16 Å². The van der Waals surface area contributed by atoms with Gasteiger partial charge in [-0.25, -0.2) is 4.79 Å². The van der Waals surface area contributed by atoms with E-state index >= 15 is 0 Å². The average molecular weight is 352 g/mol. The highest BCUT2D eigenvalue weighted by molar-refractivity contribution is 6.05. The van der Waals surface area contributed by atoms with Crippen molar-refractivity contribution in [3.8, 4) is 0 Å². The highest BCUT2D eigenvalue weighted by Crippen LogP contribution is 2.23. The van der Waals surface area contributed by atoms with Crippen LogP contribution in [0.25, 0.3) is 0 Å². The summed E-state index contributed by atoms with van der Waals surface area (Å²) in [4.78, 5) is 19.7. The van der Waals surface area contributed by atoms with Crippen LogP contribution in [-0.2, 0) is 16.2 Å². The Morgan fingerprint density at radius 2 is 1.81 bits per heavy atom. The molecule has 0 aliphatic carbocycles. The number of rotatable bonds is 6. The van der Waals surface area contributed by atoms with E-state index in [1.807, 2.05) is 67.6 Å². The number of oxime groups is 1. The van der Waals surface area contributed by atoms with E-state index in [1.54, 1.807) is 4.90 Å². The third kappa shape index (κ3) is 4.42. The fraction of sp³-hybridized carbons (Fsp3) is 0.333. The second kappa shape index (κ2) is 9.04. The Labute approximate surface area is 154 Å². The Bertz CT molecular complexity index is 731. The van der Waals surface area contributed by atoms with Gasteiger partial charge in [0.1, 0.15) is 12.3 Å². The van der Waals surface area contributed by atoms with Gasteiger partial charge in [0, 0.05) is 12.1 Å². The molecule has 5 nitrogen and oxygen atoms in total. The summed E-state index contributed by atoms with van der Waals surface area (Å²) in [7, 11) is 0. The number of carbonyl (C=O) groups excluding carboxylic acids is 1. The van der Waals surface area contributed by atoms with Crippen molar-refractivity contribution < 1.29 is 14.4 Å². The van der Waals surface area contributed by atoms with E-state index in [4.69, 9.17) is 9.57 Å². The maximum atomic E-state index is 12.3. The minimum atomic E-state index is -0.290. The van der Waals surface area contributed by atoms with Gasteiger partial charge in [0.2, 0.25) is 0 Å². The monoisotopic (exact) mass is 352 g/mol. The van der Waals surface area contributed by atoms with Gasteiger partial charge in [-0.2, -0.15) is 0 Å². The first-order chi connectivity index (χ1) is 12.8. The van der Waals surface area contributed by atoms with Crippen molar-refractivity contribution in [2.75, 3.05) is 13.2 Å². The van der Waals surface area contributed by atoms with Crippen molar-refractivity contribution in [2.45, 2.75) is 32.4 Å². The summed E-state index contributed by atoms with van der Waals surface area (Å²) < 4.78 is 5.21. The molecule has 1 unspecified atom stereocenters. The smallest absolute Gasteiger partial charge is 0.410 e. The van der Waals surface area contributed by atoms with Crippen molar-refractivity contribution in [2.24, 2.45) is 5.16 Å². The molecule has 1 aliphatic rings. The molecule has 1 fully saturated rings. The van der Waals surface area contributed by atoms with Crippen molar-refractivity contribution in [3.63, 3.8) is 0 Å². The lowest BCUT2D eigenvalue weighted by Gasteiger charge is -2.25. The van der Waals surface area contributed by atoms with Crippen molar-refractivity contribution in [1.82, 2.24) is 4.90 Å². The van der Waals surface area contributed by atoms with Crippen LogP contribution in [0.4, 0.5) is 4.79 Å². The molecule has 1 amide bonds. The van der Waals surface area contributed by atoms with Gasteiger partial charge in [-0.05, 0) is 25.3 Å². The molecule has 1 atom stereocenters. The Morgan fingerprint density at radius 1 is 1.12 bits per heavy atom. The summed E-state index contributed by atoms with van der Waals surface area (Å²) in [5, 5.41) is 4.43. The van der Waals surface area contributed by atoms with Crippen LogP contribution in [0.5, 0.6) is 0 Å². The van der Waals surface area contributed by atoms with E-state index in [1.165, 1.54) is 0 Å². The molecular formula is C21H24N2O3. The zero-order valence-corrected chi connectivity index (χ0v) is 15.0. The number of carbonyl (C=O) groups is 1. The van der Waals surface area contributed by atoms with Crippen LogP contribution in [0, 0.1) is 0 Å². The molecule has 1 saturated heterocycles. The molecule has 136 valence electrons. The van der Waals surface area contributed by atoms with Crippen LogP contribution < -0.4 is 0 Å². The molecule has 0 bridgehead atoms. The number of nitrogens with zero attached hydrogens (tertiary/aromatic N) is 2. The third-order valence-electron chi connectivity index (χ3n) is 4.38. The zero-order chi connectivity index (χ0) is 18.2. The largest absolute Gasteiger partial charge is 0.450 e. The fourth-order valence-corrected chi connectivity index (χ4v) is 3.14. The van der Waals surface area contributed by atoms with Crippen LogP contribution in [0.2, 0.25) is 0 Å². The SMILES string of the molecule is CCOC(=O)N1CCCC1/C(=N\OCc1ccccc1)c1ccccc1. The van der Waals surface area contributed by atoms with Crippen molar-refractivity contribution >= 4 is 11.8 Å². The fourth-order valence-electron chi connectivity index (χ4n) is 3.14. The Morgan fingerprint density at radius 3 is 2.50 bits per heavy atom. The molecule has 1 heterocycles. The van der Waals surface area contributed by atoms with E-state index in [0.717, 1.165) is 29.7 Å². The first-order valence-electron chi connectivity index (χ1n) is 9.02. The number of likely N-dealkylation sites (tertiary alicyclic amines) is 1. The van der Waals surface area contributed by atoms with Gasteiger partial charge in [-0.3, -0.25) is 4.90 Å². The summed E-state index contributed by atoms with van der Waals surface area (Å²) in [5.74, 6) is 0. The Hall–Kier alpha value is -2.82. The molecule has 3 rings (SSSR count). The summed E-state index contributed by atoms with van der Waals surface area (Å²) in [6.07, 6.45) is 1.48. The zero-order valence-electron chi connectivity index (χ0n) is 15.0. The Kier molecular flexibility index (Phi) is 6.25. The third-order valence-corrected chi connectivity index (χ3v) is 4.38. The van der Waals surface area contributed by atoms with Gasteiger partial charge >= 0.3 is 6.09 Å². The topological polar surface area (TPSA) is 51.1 Å². The molecule has 5 heteroatoms. The second-order valence-corrected chi connectivity index (χ2v) is 6.15. The first kappa shape index (κ1) is 18.0. The molecular weight excluding hydrogens is 328 g/mol. The number of benzene rings is 2. The summed E-state index contributed by atoms with van der Waals surface area (Å²) in [5.41, 5.74) is 2.78. The van der Waals surface area contributed by atoms with Gasteiger partial charge in [-0.15, -0.1) is 0 Å². The first-order valence-corrected chi connectivity index (χ1v) is 9.02. The minimum absolute atomic E-state index is 0.132. The lowest BCUT2D eigenvalue weighted by molar-refractivity contribution is 0.107. The molecule has 1 aliphatic heterocycles. The van der Waals surface area contributed by atoms with Crippen LogP contribution >= 0.6 is 0 Å². The van der Waals surface area contributed by atoms with Gasteiger partial charge in [0.15, 0.2) is 0 Å². The Balaban J connectivity index is 1.81. The van der Waals surface area contributed by atoms with Gasteiger partial charge in [0.05, 0.1) is 12.6 Å². The van der Waals surface area contributed by atoms with Crippen LogP contribution in [0.15, 0.2) is 65.8 Å². The molecule has 2 aromatic carbocycles. The standard InChI is InChI=1S/C21H24N2O3/c1-2-25-21(24)23-15-9-14-19(23)20(18-12-7-4-8-13-18)22-26-16-17-10-5-3-6-11-17/h3-8,10-13,19H,2,9,14-16H2,1H3/b22-20-. The van der Waals surface area contributed by atoms with Gasteiger partial charge in [-0.1, -0.05) is 65.8 Å². The van der Waals surface area contributed by atoms with Crippen LogP contribution in [0.1, 0.15) is 30.9 Å². The molecule has 26 heavy (non-hydrogen) atoms. The maximum Gasteiger partial charge on any atom is 0.410 e. The number of ether oxygens (including phenoxy) is 1. The number of amides is 1. The molecule has 0 radical (unpaired) electrons. The predicted octanol–water partition coefficient (Wildman–Crippen LogP) is 4.23. The van der Waals surface area contributed by atoms with E-state index in [9.17, 15) is 4.79 Å². The molecule has 0 aromatic heterocycles. The highest BCUT2D eigenvalue weighted by atomic mass is 16.6. The summed E-state index contributed by atoms with van der Waals surface area (Å²) in [6.45, 7) is 3.25. The molecule has 0 spiro atoms. The highest BCUT2D eigenvalue weighted by Gasteiger charge is 2.34. The van der Waals surface area contributed by atoms with E-state index in [0.29, 0.717) is 19.8 Å². The van der Waals surface area contributed by atoms with E-state index in [-0.39, 0.29) is 12.1 Å². The lowest BCUT2D eigenvalue weighted by Crippen LogP contribution is -2.41. The predicted molar refractivity (Wildman–Crippen MR) is 101 cm³/mol. The normalized spacial score (nSPS) is 17.2. The summed E-state index contributed by atoms with van der Waals surface area (Å²) >= 11 is 0. The van der Waals surface area contributed by atoms with Crippen molar-refractivity contribution in [1.29, 1.82) is 0 Å². The maximum absolute atomic E-state index is 12.3. The second-order valence-electron chi connectivity index (χ2n) is 6.15. The number of hydrogen-bond donors (Lipinski definition) is 0. The molecule has 0 N–H and O–H groups in total. The number of hydrogen-bond acceptors (Lipinski definition) is 4. The molecule has 2 aromatic rings. The van der Waals surface area contributed by atoms with Gasteiger partial charge < -0.3 is 9.57 Å². The minimum Gasteiger partial charge on any atom is -0.450 e. The van der Waals surface area contributed by atoms with Crippen molar-refractivity contribution in [3.05, 3.63) is 71.8 Å². The quantitative estimate of drug-likeness (QED) is 0.577. The summed E-state index contributed by atoms with van der Waals surface area (Å²) in [6, 6.07) is 19.7. The van der Waals surface area contributed by atoms with E-state index < -0.39 is 0 Å². The van der Waals surface area contributed by atoms with Crippen LogP contribution in [0.3, 0.4) is 0 Å². The average Bonchev–Trinajstić information content (AvgIpc) is 3.16. The molecule has 0 saturated carbocycles. The van der Waals surface area contributed by atoms with Crippen LogP contribution in [-0.4, -0.2) is 35.9 Å².